The Morgan fingerprint density at radius 3 is 2.39 bits per heavy atom. The zero-order chi connectivity index (χ0) is 15.7. The Bertz CT molecular complexity index is 580. The van der Waals surface area contributed by atoms with Crippen molar-refractivity contribution in [2.75, 3.05) is 13.1 Å². The lowest BCUT2D eigenvalue weighted by Gasteiger charge is -2.37. The molecule has 1 saturated heterocycles. The summed E-state index contributed by atoms with van der Waals surface area (Å²) in [5, 5.41) is 0. The predicted octanol–water partition coefficient (Wildman–Crippen LogP) is 1.02. The molecule has 0 radical (unpaired) electrons. The van der Waals surface area contributed by atoms with E-state index in [2.05, 4.69) is 0 Å². The van der Waals surface area contributed by atoms with Gasteiger partial charge in [0.1, 0.15) is 5.54 Å². The molecule has 1 aliphatic heterocycles. The lowest BCUT2D eigenvalue weighted by Crippen LogP contribution is -2.58. The summed E-state index contributed by atoms with van der Waals surface area (Å²) in [6.45, 7) is 1.32. The number of hydrogen-bond acceptors (Lipinski definition) is 3. The summed E-state index contributed by atoms with van der Waals surface area (Å²) in [5.74, 6) is -0.115. The van der Waals surface area contributed by atoms with Gasteiger partial charge in [-0.25, -0.2) is 0 Å². The van der Waals surface area contributed by atoms with Crippen LogP contribution in [0.2, 0.25) is 0 Å². The molecule has 3 rings (SSSR count). The van der Waals surface area contributed by atoms with Crippen LogP contribution >= 0.6 is 12.4 Å². The third-order valence-corrected chi connectivity index (χ3v) is 4.85. The molecule has 1 unspecified atom stereocenters. The second-order valence-electron chi connectivity index (χ2n) is 6.71. The summed E-state index contributed by atoms with van der Waals surface area (Å²) >= 11 is 0. The van der Waals surface area contributed by atoms with Crippen molar-refractivity contribution in [3.8, 4) is 0 Å². The molecule has 1 fully saturated rings. The van der Waals surface area contributed by atoms with E-state index in [1.165, 1.54) is 11.1 Å². The number of halogens is 1. The van der Waals surface area contributed by atoms with Crippen LogP contribution in [0, 0.1) is 5.92 Å². The van der Waals surface area contributed by atoms with Crippen molar-refractivity contribution in [2.45, 2.75) is 37.6 Å². The molecule has 0 aromatic heterocycles. The lowest BCUT2D eigenvalue weighted by molar-refractivity contribution is -0.139. The summed E-state index contributed by atoms with van der Waals surface area (Å²) in [6, 6.07) is 8.06. The lowest BCUT2D eigenvalue weighted by atomic mass is 9.90. The van der Waals surface area contributed by atoms with Crippen molar-refractivity contribution in [2.24, 2.45) is 17.4 Å². The number of rotatable bonds is 3. The molecule has 1 aromatic carbocycles. The third kappa shape index (κ3) is 3.67. The van der Waals surface area contributed by atoms with E-state index in [0.29, 0.717) is 25.8 Å². The molecular formula is C17H24ClN3O2. The molecule has 1 atom stereocenters. The Labute approximate surface area is 142 Å². The molecule has 1 aliphatic carbocycles. The third-order valence-electron chi connectivity index (χ3n) is 4.85. The second-order valence-corrected chi connectivity index (χ2v) is 6.71. The van der Waals surface area contributed by atoms with Crippen LogP contribution in [0.1, 0.15) is 30.4 Å². The van der Waals surface area contributed by atoms with Gasteiger partial charge in [-0.05, 0) is 42.7 Å². The number of piperidine rings is 1. The minimum Gasteiger partial charge on any atom is -0.370 e. The fraction of sp³-hybridized carbons (Fsp3) is 0.529. The monoisotopic (exact) mass is 337 g/mol. The molecular weight excluding hydrogens is 314 g/mol. The van der Waals surface area contributed by atoms with E-state index in [-0.39, 0.29) is 30.1 Å². The van der Waals surface area contributed by atoms with E-state index in [1.807, 2.05) is 29.2 Å². The van der Waals surface area contributed by atoms with Crippen LogP contribution < -0.4 is 11.5 Å². The average Bonchev–Trinajstić information content (AvgIpc) is 2.83. The first-order valence-electron chi connectivity index (χ1n) is 7.91. The maximum atomic E-state index is 12.9. The standard InChI is InChI=1S/C17H23N3O2.ClH/c18-15(21)8-12-4-3-7-20(11-12)16(22)17(19)9-13-5-1-2-6-14(13)10-17;/h1-2,5-6,12H,3-4,7-11,19H2,(H2,18,21);1H. The number of amides is 2. The van der Waals surface area contributed by atoms with Gasteiger partial charge in [0.15, 0.2) is 0 Å². The first-order valence-corrected chi connectivity index (χ1v) is 7.91. The van der Waals surface area contributed by atoms with Crippen molar-refractivity contribution in [3.05, 3.63) is 35.4 Å². The van der Waals surface area contributed by atoms with Gasteiger partial charge in [0.2, 0.25) is 11.8 Å². The van der Waals surface area contributed by atoms with Crippen LogP contribution in [0.15, 0.2) is 24.3 Å². The molecule has 0 bridgehead atoms. The Morgan fingerprint density at radius 2 is 1.83 bits per heavy atom. The van der Waals surface area contributed by atoms with E-state index in [4.69, 9.17) is 11.5 Å². The van der Waals surface area contributed by atoms with Gasteiger partial charge in [0, 0.05) is 19.5 Å². The Morgan fingerprint density at radius 1 is 1.22 bits per heavy atom. The molecule has 1 heterocycles. The normalized spacial score (nSPS) is 22.1. The maximum absolute atomic E-state index is 12.9. The molecule has 0 saturated carbocycles. The van der Waals surface area contributed by atoms with Gasteiger partial charge in [-0.2, -0.15) is 0 Å². The van der Waals surface area contributed by atoms with Crippen molar-refractivity contribution in [1.82, 2.24) is 4.90 Å². The number of carbonyl (C=O) groups is 2. The maximum Gasteiger partial charge on any atom is 0.243 e. The van der Waals surface area contributed by atoms with Crippen LogP contribution in [-0.4, -0.2) is 35.3 Å². The SMILES string of the molecule is Cl.NC(=O)CC1CCCN(C(=O)C2(N)Cc3ccccc3C2)C1. The van der Waals surface area contributed by atoms with E-state index in [9.17, 15) is 9.59 Å². The number of nitrogens with two attached hydrogens (primary N) is 2. The summed E-state index contributed by atoms with van der Waals surface area (Å²) in [4.78, 5) is 25.8. The number of benzene rings is 1. The highest BCUT2D eigenvalue weighted by Crippen LogP contribution is 2.31. The fourth-order valence-corrected chi connectivity index (χ4v) is 3.81. The smallest absolute Gasteiger partial charge is 0.243 e. The number of primary amides is 1. The van der Waals surface area contributed by atoms with Gasteiger partial charge < -0.3 is 16.4 Å². The van der Waals surface area contributed by atoms with Gasteiger partial charge in [0.05, 0.1) is 0 Å². The first kappa shape index (κ1) is 17.8. The van der Waals surface area contributed by atoms with Gasteiger partial charge in [-0.15, -0.1) is 12.4 Å². The van der Waals surface area contributed by atoms with E-state index in [1.54, 1.807) is 0 Å². The van der Waals surface area contributed by atoms with Crippen LogP contribution in [0.4, 0.5) is 0 Å². The molecule has 126 valence electrons. The molecule has 2 aliphatic rings. The Kier molecular flexibility index (Phi) is 5.32. The number of hydrogen-bond donors (Lipinski definition) is 2. The predicted molar refractivity (Wildman–Crippen MR) is 91.1 cm³/mol. The highest BCUT2D eigenvalue weighted by molar-refractivity contribution is 5.88. The van der Waals surface area contributed by atoms with E-state index >= 15 is 0 Å². The summed E-state index contributed by atoms with van der Waals surface area (Å²) < 4.78 is 0. The van der Waals surface area contributed by atoms with Crippen molar-refractivity contribution in [1.29, 1.82) is 0 Å². The van der Waals surface area contributed by atoms with Gasteiger partial charge in [-0.1, -0.05) is 24.3 Å². The number of likely N-dealkylation sites (tertiary alicyclic amines) is 1. The highest BCUT2D eigenvalue weighted by atomic mass is 35.5. The summed E-state index contributed by atoms with van der Waals surface area (Å²) in [5.41, 5.74) is 13.2. The molecule has 4 N–H and O–H groups in total. The second kappa shape index (κ2) is 6.89. The van der Waals surface area contributed by atoms with Gasteiger partial charge >= 0.3 is 0 Å². The highest BCUT2D eigenvalue weighted by Gasteiger charge is 2.43. The summed E-state index contributed by atoms with van der Waals surface area (Å²) in [7, 11) is 0. The minimum atomic E-state index is -0.835. The number of fused-ring (bicyclic) bond motifs is 1. The first-order chi connectivity index (χ1) is 10.5. The van der Waals surface area contributed by atoms with Gasteiger partial charge in [-0.3, -0.25) is 9.59 Å². The molecule has 23 heavy (non-hydrogen) atoms. The zero-order valence-electron chi connectivity index (χ0n) is 13.2. The number of nitrogens with zero attached hydrogens (tertiary/aromatic N) is 1. The largest absolute Gasteiger partial charge is 0.370 e. The van der Waals surface area contributed by atoms with Crippen molar-refractivity contribution < 1.29 is 9.59 Å². The molecule has 6 heteroatoms. The molecule has 2 amide bonds. The quantitative estimate of drug-likeness (QED) is 0.862. The molecule has 5 nitrogen and oxygen atoms in total. The average molecular weight is 338 g/mol. The van der Waals surface area contributed by atoms with E-state index in [0.717, 1.165) is 19.4 Å². The Balaban J connectivity index is 0.00000192. The van der Waals surface area contributed by atoms with Crippen LogP contribution in [0.5, 0.6) is 0 Å². The van der Waals surface area contributed by atoms with Crippen molar-refractivity contribution in [3.63, 3.8) is 0 Å². The fourth-order valence-electron chi connectivity index (χ4n) is 3.81. The molecule has 1 aromatic rings. The van der Waals surface area contributed by atoms with Gasteiger partial charge in [0.25, 0.3) is 0 Å². The summed E-state index contributed by atoms with van der Waals surface area (Å²) in [6.07, 6.45) is 3.40. The Hall–Kier alpha value is -1.59. The van der Waals surface area contributed by atoms with E-state index < -0.39 is 5.54 Å². The minimum absolute atomic E-state index is 0. The number of carbonyl (C=O) groups excluding carboxylic acids is 2. The topological polar surface area (TPSA) is 89.4 Å². The molecule has 0 spiro atoms. The van der Waals surface area contributed by atoms with Crippen LogP contribution in [0.25, 0.3) is 0 Å². The zero-order valence-corrected chi connectivity index (χ0v) is 14.0. The van der Waals surface area contributed by atoms with Crippen molar-refractivity contribution >= 4 is 24.2 Å². The van der Waals surface area contributed by atoms with Crippen LogP contribution in [0.3, 0.4) is 0 Å². The van der Waals surface area contributed by atoms with Crippen LogP contribution in [-0.2, 0) is 22.4 Å².